The molecule has 0 saturated carbocycles. The third kappa shape index (κ3) is 4.01. The average Bonchev–Trinajstić information content (AvgIpc) is 2.22. The van der Waals surface area contributed by atoms with Gasteiger partial charge in [-0.1, -0.05) is 6.92 Å². The van der Waals surface area contributed by atoms with E-state index in [9.17, 15) is 4.79 Å². The molecule has 0 bridgehead atoms. The standard InChI is InChI=1S/C8H19N3O3/c1-3-11(4-5-12)7(6-14-2)8(13)10-9/h7,12H,3-6,9H2,1-2H3,(H,10,13). The maximum Gasteiger partial charge on any atom is 0.253 e. The Morgan fingerprint density at radius 3 is 2.71 bits per heavy atom. The van der Waals surface area contributed by atoms with E-state index in [2.05, 4.69) is 5.43 Å². The first-order valence-electron chi connectivity index (χ1n) is 4.55. The molecule has 6 heteroatoms. The van der Waals surface area contributed by atoms with Gasteiger partial charge in [0.1, 0.15) is 6.04 Å². The van der Waals surface area contributed by atoms with Gasteiger partial charge in [-0.25, -0.2) is 5.84 Å². The minimum Gasteiger partial charge on any atom is -0.395 e. The molecule has 14 heavy (non-hydrogen) atoms. The number of hydrogen-bond acceptors (Lipinski definition) is 5. The van der Waals surface area contributed by atoms with Gasteiger partial charge in [-0.3, -0.25) is 15.1 Å². The van der Waals surface area contributed by atoms with Gasteiger partial charge in [0.15, 0.2) is 0 Å². The summed E-state index contributed by atoms with van der Waals surface area (Å²) in [6.07, 6.45) is 0. The van der Waals surface area contributed by atoms with Crippen molar-refractivity contribution >= 4 is 5.91 Å². The normalized spacial score (nSPS) is 12.9. The van der Waals surface area contributed by atoms with Crippen LogP contribution in [0.3, 0.4) is 0 Å². The first kappa shape index (κ1) is 13.3. The van der Waals surface area contributed by atoms with Gasteiger partial charge < -0.3 is 9.84 Å². The summed E-state index contributed by atoms with van der Waals surface area (Å²) in [7, 11) is 1.52. The molecule has 0 aromatic rings. The van der Waals surface area contributed by atoms with E-state index < -0.39 is 6.04 Å². The van der Waals surface area contributed by atoms with Crippen LogP contribution in [0.2, 0.25) is 0 Å². The highest BCUT2D eigenvalue weighted by molar-refractivity contribution is 5.81. The van der Waals surface area contributed by atoms with Crippen LogP contribution in [-0.4, -0.2) is 55.4 Å². The summed E-state index contributed by atoms with van der Waals surface area (Å²) in [5.74, 6) is 4.74. The summed E-state index contributed by atoms with van der Waals surface area (Å²) in [5, 5.41) is 8.79. The quantitative estimate of drug-likeness (QED) is 0.262. The molecule has 0 fully saturated rings. The van der Waals surface area contributed by atoms with Crippen LogP contribution in [-0.2, 0) is 9.53 Å². The van der Waals surface area contributed by atoms with Crippen LogP contribution in [0.25, 0.3) is 0 Å². The fourth-order valence-corrected chi connectivity index (χ4v) is 1.26. The second-order valence-electron chi connectivity index (χ2n) is 2.83. The van der Waals surface area contributed by atoms with E-state index >= 15 is 0 Å². The molecule has 0 aliphatic heterocycles. The Bertz CT molecular complexity index is 166. The summed E-state index contributed by atoms with van der Waals surface area (Å²) in [6, 6.07) is -0.442. The van der Waals surface area contributed by atoms with Crippen molar-refractivity contribution < 1.29 is 14.6 Å². The van der Waals surface area contributed by atoms with Crippen molar-refractivity contribution in [3.05, 3.63) is 0 Å². The minimum absolute atomic E-state index is 0.00586. The van der Waals surface area contributed by atoms with Crippen molar-refractivity contribution in [2.75, 3.05) is 33.4 Å². The largest absolute Gasteiger partial charge is 0.395 e. The Kier molecular flexibility index (Phi) is 7.31. The van der Waals surface area contributed by atoms with Gasteiger partial charge in [0.2, 0.25) is 0 Å². The zero-order valence-corrected chi connectivity index (χ0v) is 8.69. The molecular formula is C8H19N3O3. The Morgan fingerprint density at radius 2 is 2.36 bits per heavy atom. The van der Waals surface area contributed by atoms with Crippen LogP contribution in [0.4, 0.5) is 0 Å². The molecule has 0 radical (unpaired) electrons. The molecular weight excluding hydrogens is 186 g/mol. The fraction of sp³-hybridized carbons (Fsp3) is 0.875. The van der Waals surface area contributed by atoms with Gasteiger partial charge in [0.05, 0.1) is 13.2 Å². The predicted octanol–water partition coefficient (Wildman–Crippen LogP) is -1.69. The highest BCUT2D eigenvalue weighted by Crippen LogP contribution is 1.99. The number of carbonyl (C=O) groups is 1. The smallest absolute Gasteiger partial charge is 0.253 e. The number of carbonyl (C=O) groups excluding carboxylic acids is 1. The SMILES string of the molecule is CCN(CCO)C(COC)C(=O)NN. The Balaban J connectivity index is 4.33. The number of hydrazine groups is 1. The topological polar surface area (TPSA) is 87.8 Å². The number of rotatable bonds is 7. The van der Waals surface area contributed by atoms with Crippen molar-refractivity contribution in [1.82, 2.24) is 10.3 Å². The number of hydrogen-bond donors (Lipinski definition) is 3. The summed E-state index contributed by atoms with van der Waals surface area (Å²) in [5.41, 5.74) is 2.08. The van der Waals surface area contributed by atoms with Gasteiger partial charge in [-0.2, -0.15) is 0 Å². The van der Waals surface area contributed by atoms with Gasteiger partial charge >= 0.3 is 0 Å². The number of aliphatic hydroxyl groups is 1. The van der Waals surface area contributed by atoms with Gasteiger partial charge in [0, 0.05) is 13.7 Å². The lowest BCUT2D eigenvalue weighted by molar-refractivity contribution is -0.128. The molecule has 4 N–H and O–H groups in total. The van der Waals surface area contributed by atoms with Crippen LogP contribution >= 0.6 is 0 Å². The summed E-state index contributed by atoms with van der Waals surface area (Å²) in [6.45, 7) is 3.25. The molecule has 0 aliphatic rings. The highest BCUT2D eigenvalue weighted by atomic mass is 16.5. The lowest BCUT2D eigenvalue weighted by Gasteiger charge is -2.27. The summed E-state index contributed by atoms with van der Waals surface area (Å²) >= 11 is 0. The van der Waals surface area contributed by atoms with E-state index in [4.69, 9.17) is 15.7 Å². The average molecular weight is 205 g/mol. The number of aliphatic hydroxyl groups excluding tert-OH is 1. The third-order valence-electron chi connectivity index (χ3n) is 2.00. The second kappa shape index (κ2) is 7.69. The molecule has 0 aromatic carbocycles. The van der Waals surface area contributed by atoms with Crippen LogP contribution in [0.15, 0.2) is 0 Å². The third-order valence-corrected chi connectivity index (χ3v) is 2.00. The molecule has 6 nitrogen and oxygen atoms in total. The molecule has 1 amide bonds. The Labute approximate surface area is 84.0 Å². The number of amides is 1. The van der Waals surface area contributed by atoms with Crippen LogP contribution in [0.5, 0.6) is 0 Å². The van der Waals surface area contributed by atoms with Gasteiger partial charge in [0.25, 0.3) is 5.91 Å². The maximum absolute atomic E-state index is 11.3. The summed E-state index contributed by atoms with van der Waals surface area (Å²) < 4.78 is 4.92. The summed E-state index contributed by atoms with van der Waals surface area (Å²) in [4.78, 5) is 13.1. The molecule has 0 aromatic heterocycles. The zero-order valence-electron chi connectivity index (χ0n) is 8.69. The Morgan fingerprint density at radius 1 is 1.71 bits per heavy atom. The number of ether oxygens (including phenoxy) is 1. The van der Waals surface area contributed by atoms with Gasteiger partial charge in [-0.05, 0) is 6.54 Å². The van der Waals surface area contributed by atoms with E-state index in [1.165, 1.54) is 7.11 Å². The predicted molar refractivity (Wildman–Crippen MR) is 52.3 cm³/mol. The van der Waals surface area contributed by atoms with Crippen LogP contribution in [0.1, 0.15) is 6.92 Å². The van der Waals surface area contributed by atoms with Crippen molar-refractivity contribution in [3.63, 3.8) is 0 Å². The van der Waals surface area contributed by atoms with Crippen LogP contribution in [0, 0.1) is 0 Å². The number of nitrogens with one attached hydrogen (secondary N) is 1. The molecule has 0 heterocycles. The monoisotopic (exact) mass is 205 g/mol. The number of nitrogens with zero attached hydrogens (tertiary/aromatic N) is 1. The van der Waals surface area contributed by atoms with Gasteiger partial charge in [-0.15, -0.1) is 0 Å². The molecule has 0 saturated heterocycles. The van der Waals surface area contributed by atoms with E-state index in [0.29, 0.717) is 13.1 Å². The van der Waals surface area contributed by atoms with Crippen LogP contribution < -0.4 is 11.3 Å². The lowest BCUT2D eigenvalue weighted by Crippen LogP contribution is -2.52. The molecule has 1 unspecified atom stereocenters. The first-order chi connectivity index (χ1) is 6.71. The van der Waals surface area contributed by atoms with E-state index in [1.807, 2.05) is 6.92 Å². The number of likely N-dealkylation sites (N-methyl/N-ethyl adjacent to an activating group) is 1. The van der Waals surface area contributed by atoms with Crippen molar-refractivity contribution in [2.45, 2.75) is 13.0 Å². The second-order valence-corrected chi connectivity index (χ2v) is 2.83. The van der Waals surface area contributed by atoms with E-state index in [-0.39, 0.29) is 19.1 Å². The van der Waals surface area contributed by atoms with E-state index in [1.54, 1.807) is 4.90 Å². The lowest BCUT2D eigenvalue weighted by atomic mass is 10.2. The molecule has 0 aliphatic carbocycles. The molecule has 0 rings (SSSR count). The zero-order chi connectivity index (χ0) is 11.0. The molecule has 84 valence electrons. The molecule has 1 atom stereocenters. The Hall–Kier alpha value is -0.690. The first-order valence-corrected chi connectivity index (χ1v) is 4.55. The minimum atomic E-state index is -0.442. The number of methoxy groups -OCH3 is 1. The van der Waals surface area contributed by atoms with Crippen molar-refractivity contribution in [2.24, 2.45) is 5.84 Å². The number of nitrogens with two attached hydrogens (primary N) is 1. The van der Waals surface area contributed by atoms with Crippen molar-refractivity contribution in [3.8, 4) is 0 Å². The van der Waals surface area contributed by atoms with E-state index in [0.717, 1.165) is 0 Å². The highest BCUT2D eigenvalue weighted by Gasteiger charge is 2.23. The maximum atomic E-state index is 11.3. The molecule has 0 spiro atoms. The fourth-order valence-electron chi connectivity index (χ4n) is 1.26. The van der Waals surface area contributed by atoms with Crippen molar-refractivity contribution in [1.29, 1.82) is 0 Å².